The Kier molecular flexibility index (Phi) is 10.2. The van der Waals surface area contributed by atoms with E-state index < -0.39 is 11.2 Å². The number of aliphatic hydroxyl groups is 2. The molecular weight excluding hydrogens is 248 g/mol. The zero-order valence-corrected chi connectivity index (χ0v) is 14.1. The average molecular weight is 284 g/mol. The Bertz CT molecular complexity index is 228. The molecule has 0 aromatic heterocycles. The largest absolute Gasteiger partial charge is 0.386 e. The van der Waals surface area contributed by atoms with Crippen molar-refractivity contribution in [3.8, 4) is 0 Å². The van der Waals surface area contributed by atoms with Gasteiger partial charge in [0.05, 0.1) is 11.2 Å². The van der Waals surface area contributed by atoms with Gasteiger partial charge >= 0.3 is 0 Å². The molecule has 0 amide bonds. The lowest BCUT2D eigenvalue weighted by molar-refractivity contribution is 0.0805. The van der Waals surface area contributed by atoms with Crippen LogP contribution in [0.4, 0.5) is 0 Å². The maximum Gasteiger partial charge on any atom is 0.0800 e. The summed E-state index contributed by atoms with van der Waals surface area (Å²) in [5, 5.41) is 20.6. The smallest absolute Gasteiger partial charge is 0.0800 e. The molecule has 0 radical (unpaired) electrons. The van der Waals surface area contributed by atoms with Crippen LogP contribution >= 0.6 is 0 Å². The van der Waals surface area contributed by atoms with Crippen LogP contribution in [0.3, 0.4) is 0 Å². The molecule has 0 aliphatic rings. The van der Waals surface area contributed by atoms with Crippen LogP contribution in [0.2, 0.25) is 0 Å². The molecule has 2 unspecified atom stereocenters. The molecule has 0 saturated heterocycles. The van der Waals surface area contributed by atoms with Crippen molar-refractivity contribution in [3.63, 3.8) is 0 Å². The van der Waals surface area contributed by atoms with Crippen molar-refractivity contribution < 1.29 is 10.2 Å². The Hall–Kier alpha value is -0.340. The van der Waals surface area contributed by atoms with Gasteiger partial charge in [-0.3, -0.25) is 0 Å². The van der Waals surface area contributed by atoms with E-state index in [0.717, 1.165) is 25.7 Å². The third-order valence-electron chi connectivity index (χ3n) is 3.87. The summed E-state index contributed by atoms with van der Waals surface area (Å²) in [5.74, 6) is 0. The standard InChI is InChI=1S/C18H36O2/c1-5-7-9-11-13-17(3,19)15-16-18(4,20)14-12-10-8-6-2/h15-16,19-20H,5-14H2,1-4H3/b16-15+. The van der Waals surface area contributed by atoms with Gasteiger partial charge in [0.25, 0.3) is 0 Å². The first kappa shape index (κ1) is 19.7. The second kappa shape index (κ2) is 10.4. The van der Waals surface area contributed by atoms with Gasteiger partial charge in [0, 0.05) is 0 Å². The zero-order chi connectivity index (χ0) is 15.5. The summed E-state index contributed by atoms with van der Waals surface area (Å²) in [6, 6.07) is 0. The summed E-state index contributed by atoms with van der Waals surface area (Å²) in [6.07, 6.45) is 14.5. The third-order valence-corrected chi connectivity index (χ3v) is 3.87. The van der Waals surface area contributed by atoms with Crippen molar-refractivity contribution in [2.24, 2.45) is 0 Å². The number of hydrogen-bond acceptors (Lipinski definition) is 2. The highest BCUT2D eigenvalue weighted by atomic mass is 16.3. The monoisotopic (exact) mass is 284 g/mol. The van der Waals surface area contributed by atoms with Crippen LogP contribution in [0, 0.1) is 0 Å². The van der Waals surface area contributed by atoms with Crippen LogP contribution in [0.25, 0.3) is 0 Å². The molecule has 2 N–H and O–H groups in total. The van der Waals surface area contributed by atoms with Gasteiger partial charge in [-0.15, -0.1) is 0 Å². The summed E-state index contributed by atoms with van der Waals surface area (Å²) in [4.78, 5) is 0. The first-order valence-corrected chi connectivity index (χ1v) is 8.48. The zero-order valence-electron chi connectivity index (χ0n) is 14.1. The van der Waals surface area contributed by atoms with E-state index in [-0.39, 0.29) is 0 Å². The van der Waals surface area contributed by atoms with E-state index in [1.54, 1.807) is 12.2 Å². The number of rotatable bonds is 12. The quantitative estimate of drug-likeness (QED) is 0.392. The Morgan fingerprint density at radius 2 is 1.00 bits per heavy atom. The fourth-order valence-corrected chi connectivity index (χ4v) is 2.35. The van der Waals surface area contributed by atoms with E-state index in [2.05, 4.69) is 13.8 Å². The van der Waals surface area contributed by atoms with E-state index in [0.29, 0.717) is 0 Å². The van der Waals surface area contributed by atoms with Crippen molar-refractivity contribution >= 4 is 0 Å². The summed E-state index contributed by atoms with van der Waals surface area (Å²) < 4.78 is 0. The first-order chi connectivity index (χ1) is 9.33. The molecule has 0 aliphatic carbocycles. The van der Waals surface area contributed by atoms with Gasteiger partial charge in [0.1, 0.15) is 0 Å². The molecule has 0 spiro atoms. The lowest BCUT2D eigenvalue weighted by atomic mass is 9.92. The molecule has 0 aromatic carbocycles. The van der Waals surface area contributed by atoms with Crippen molar-refractivity contribution in [1.29, 1.82) is 0 Å². The average Bonchev–Trinajstić information content (AvgIpc) is 2.38. The van der Waals surface area contributed by atoms with Crippen LogP contribution in [0.15, 0.2) is 12.2 Å². The molecule has 0 saturated carbocycles. The topological polar surface area (TPSA) is 40.5 Å². The van der Waals surface area contributed by atoms with Gasteiger partial charge in [-0.25, -0.2) is 0 Å². The molecule has 20 heavy (non-hydrogen) atoms. The van der Waals surface area contributed by atoms with Crippen molar-refractivity contribution in [2.75, 3.05) is 0 Å². The highest BCUT2D eigenvalue weighted by Gasteiger charge is 2.20. The van der Waals surface area contributed by atoms with Gasteiger partial charge in [0.15, 0.2) is 0 Å². The van der Waals surface area contributed by atoms with Gasteiger partial charge in [-0.05, 0) is 26.7 Å². The minimum absolute atomic E-state index is 0.773. The Labute approximate surface area is 126 Å². The minimum Gasteiger partial charge on any atom is -0.386 e. The summed E-state index contributed by atoms with van der Waals surface area (Å²) in [5.41, 5.74) is -1.58. The Morgan fingerprint density at radius 3 is 1.30 bits per heavy atom. The van der Waals surface area contributed by atoms with Crippen molar-refractivity contribution in [3.05, 3.63) is 12.2 Å². The number of hydrogen-bond donors (Lipinski definition) is 2. The second-order valence-corrected chi connectivity index (χ2v) is 6.67. The number of unbranched alkanes of at least 4 members (excludes halogenated alkanes) is 6. The molecule has 0 heterocycles. The molecule has 2 atom stereocenters. The van der Waals surface area contributed by atoms with Crippen LogP contribution in [0.1, 0.15) is 91.9 Å². The fraction of sp³-hybridized carbons (Fsp3) is 0.889. The van der Waals surface area contributed by atoms with Gasteiger partial charge in [0.2, 0.25) is 0 Å². The Morgan fingerprint density at radius 1 is 0.650 bits per heavy atom. The molecule has 0 aromatic rings. The highest BCUT2D eigenvalue weighted by molar-refractivity contribution is 5.06. The second-order valence-electron chi connectivity index (χ2n) is 6.67. The molecule has 0 aliphatic heterocycles. The summed E-state index contributed by atoms with van der Waals surface area (Å²) in [6.45, 7) is 8.05. The van der Waals surface area contributed by atoms with Crippen LogP contribution in [-0.2, 0) is 0 Å². The lowest BCUT2D eigenvalue weighted by Gasteiger charge is -2.23. The minimum atomic E-state index is -0.791. The van der Waals surface area contributed by atoms with Crippen LogP contribution in [0.5, 0.6) is 0 Å². The highest BCUT2D eigenvalue weighted by Crippen LogP contribution is 2.21. The maximum absolute atomic E-state index is 10.3. The SMILES string of the molecule is CCCCCCC(C)(O)/C=C/C(C)(O)CCCCCC. The predicted octanol–water partition coefficient (Wildman–Crippen LogP) is 4.99. The summed E-state index contributed by atoms with van der Waals surface area (Å²) >= 11 is 0. The van der Waals surface area contributed by atoms with Crippen LogP contribution in [-0.4, -0.2) is 21.4 Å². The molecule has 0 rings (SSSR count). The molecule has 120 valence electrons. The summed E-state index contributed by atoms with van der Waals surface area (Å²) in [7, 11) is 0. The van der Waals surface area contributed by atoms with E-state index in [1.165, 1.54) is 38.5 Å². The van der Waals surface area contributed by atoms with E-state index in [4.69, 9.17) is 0 Å². The van der Waals surface area contributed by atoms with E-state index in [1.807, 2.05) is 13.8 Å². The molecular formula is C18H36O2. The van der Waals surface area contributed by atoms with Gasteiger partial charge < -0.3 is 10.2 Å². The Balaban J connectivity index is 4.07. The van der Waals surface area contributed by atoms with E-state index >= 15 is 0 Å². The molecule has 2 nitrogen and oxygen atoms in total. The lowest BCUT2D eigenvalue weighted by Crippen LogP contribution is -2.25. The maximum atomic E-state index is 10.3. The van der Waals surface area contributed by atoms with Crippen LogP contribution < -0.4 is 0 Å². The van der Waals surface area contributed by atoms with Crippen molar-refractivity contribution in [1.82, 2.24) is 0 Å². The molecule has 2 heteroatoms. The first-order valence-electron chi connectivity index (χ1n) is 8.48. The third kappa shape index (κ3) is 11.5. The molecule has 0 bridgehead atoms. The van der Waals surface area contributed by atoms with Gasteiger partial charge in [-0.1, -0.05) is 77.4 Å². The fourth-order valence-electron chi connectivity index (χ4n) is 2.35. The van der Waals surface area contributed by atoms with Crippen molar-refractivity contribution in [2.45, 2.75) is 103 Å². The predicted molar refractivity (Wildman–Crippen MR) is 87.9 cm³/mol. The van der Waals surface area contributed by atoms with E-state index in [9.17, 15) is 10.2 Å². The van der Waals surface area contributed by atoms with Gasteiger partial charge in [-0.2, -0.15) is 0 Å². The molecule has 0 fully saturated rings. The normalized spacial score (nSPS) is 18.1.